The molecule has 0 aliphatic rings. The van der Waals surface area contributed by atoms with E-state index in [1.807, 2.05) is 56.3 Å². The lowest BCUT2D eigenvalue weighted by molar-refractivity contribution is 0.0951. The summed E-state index contributed by atoms with van der Waals surface area (Å²) in [6, 6.07) is 16.1. The van der Waals surface area contributed by atoms with Crippen LogP contribution in [0.5, 0.6) is 0 Å². The maximum absolute atomic E-state index is 12.5. The van der Waals surface area contributed by atoms with Crippen LogP contribution in [0.15, 0.2) is 54.7 Å². The Kier molecular flexibility index (Phi) is 4.24. The van der Waals surface area contributed by atoms with Gasteiger partial charge in [-0.3, -0.25) is 9.89 Å². The van der Waals surface area contributed by atoms with Gasteiger partial charge in [0.15, 0.2) is 0 Å². The van der Waals surface area contributed by atoms with Gasteiger partial charge in [0.2, 0.25) is 0 Å². The van der Waals surface area contributed by atoms with Gasteiger partial charge < -0.3 is 5.32 Å². The fourth-order valence-corrected chi connectivity index (χ4v) is 2.50. The average Bonchev–Trinajstić information content (AvgIpc) is 3.03. The number of carbonyl (C=O) groups excluding carboxylic acids is 1. The van der Waals surface area contributed by atoms with Crippen LogP contribution in [0.4, 0.5) is 0 Å². The van der Waals surface area contributed by atoms with Gasteiger partial charge in [-0.1, -0.05) is 59.7 Å². The van der Waals surface area contributed by atoms with E-state index in [9.17, 15) is 4.79 Å². The van der Waals surface area contributed by atoms with Gasteiger partial charge in [-0.2, -0.15) is 5.10 Å². The highest BCUT2D eigenvalue weighted by atomic mass is 16.1. The van der Waals surface area contributed by atoms with Crippen LogP contribution in [0, 0.1) is 13.8 Å². The first-order chi connectivity index (χ1) is 11.1. The molecule has 4 heteroatoms. The highest BCUT2D eigenvalue weighted by Crippen LogP contribution is 2.21. The van der Waals surface area contributed by atoms with Crippen LogP contribution in [0.25, 0.3) is 11.3 Å². The van der Waals surface area contributed by atoms with Crippen molar-refractivity contribution in [2.75, 3.05) is 0 Å². The summed E-state index contributed by atoms with van der Waals surface area (Å²) in [5, 5.41) is 9.90. The van der Waals surface area contributed by atoms with E-state index in [1.165, 1.54) is 11.1 Å². The van der Waals surface area contributed by atoms with Crippen LogP contribution in [0.3, 0.4) is 0 Å². The summed E-state index contributed by atoms with van der Waals surface area (Å²) in [7, 11) is 0. The van der Waals surface area contributed by atoms with Crippen molar-refractivity contribution in [3.8, 4) is 11.3 Å². The van der Waals surface area contributed by atoms with Gasteiger partial charge in [-0.15, -0.1) is 0 Å². The molecule has 0 atom stereocenters. The molecule has 116 valence electrons. The third kappa shape index (κ3) is 3.48. The fourth-order valence-electron chi connectivity index (χ4n) is 2.50. The number of nitrogens with zero attached hydrogens (tertiary/aromatic N) is 1. The smallest absolute Gasteiger partial charge is 0.255 e. The molecule has 4 nitrogen and oxygen atoms in total. The second kappa shape index (κ2) is 6.48. The van der Waals surface area contributed by atoms with Crippen LogP contribution < -0.4 is 5.32 Å². The molecule has 2 N–H and O–H groups in total. The SMILES string of the molecule is Cc1ccc(-c2[nH]ncc2C(=O)NCc2cccc(C)c2)cc1. The number of amides is 1. The molecule has 0 radical (unpaired) electrons. The van der Waals surface area contributed by atoms with Crippen LogP contribution in [-0.2, 0) is 6.54 Å². The van der Waals surface area contributed by atoms with E-state index < -0.39 is 0 Å². The van der Waals surface area contributed by atoms with Crippen molar-refractivity contribution in [2.45, 2.75) is 20.4 Å². The Morgan fingerprint density at radius 2 is 1.87 bits per heavy atom. The van der Waals surface area contributed by atoms with Crippen molar-refractivity contribution in [3.05, 3.63) is 77.0 Å². The van der Waals surface area contributed by atoms with Gasteiger partial charge in [0.25, 0.3) is 5.91 Å². The minimum Gasteiger partial charge on any atom is -0.348 e. The van der Waals surface area contributed by atoms with Crippen LogP contribution in [-0.4, -0.2) is 16.1 Å². The van der Waals surface area contributed by atoms with Gasteiger partial charge in [-0.25, -0.2) is 0 Å². The number of hydrogen-bond acceptors (Lipinski definition) is 2. The molecular formula is C19H19N3O. The summed E-state index contributed by atoms with van der Waals surface area (Å²) in [6.07, 6.45) is 1.57. The first-order valence-corrected chi connectivity index (χ1v) is 7.57. The molecule has 1 heterocycles. The number of benzene rings is 2. The Hall–Kier alpha value is -2.88. The largest absolute Gasteiger partial charge is 0.348 e. The topological polar surface area (TPSA) is 57.8 Å². The Morgan fingerprint density at radius 3 is 2.61 bits per heavy atom. The summed E-state index contributed by atoms with van der Waals surface area (Å²) in [5.41, 5.74) is 5.69. The predicted octanol–water partition coefficient (Wildman–Crippen LogP) is 3.62. The molecule has 1 amide bonds. The van der Waals surface area contributed by atoms with Crippen molar-refractivity contribution < 1.29 is 4.79 Å². The predicted molar refractivity (Wildman–Crippen MR) is 91.1 cm³/mol. The highest BCUT2D eigenvalue weighted by molar-refractivity contribution is 5.99. The first kappa shape index (κ1) is 15.0. The Labute approximate surface area is 135 Å². The summed E-state index contributed by atoms with van der Waals surface area (Å²) >= 11 is 0. The van der Waals surface area contributed by atoms with Gasteiger partial charge >= 0.3 is 0 Å². The van der Waals surface area contributed by atoms with Crippen LogP contribution in [0.1, 0.15) is 27.0 Å². The zero-order valence-corrected chi connectivity index (χ0v) is 13.3. The number of H-pyrrole nitrogens is 1. The summed E-state index contributed by atoms with van der Waals surface area (Å²) < 4.78 is 0. The molecule has 0 bridgehead atoms. The molecule has 0 aliphatic carbocycles. The minimum absolute atomic E-state index is 0.129. The number of aromatic nitrogens is 2. The van der Waals surface area contributed by atoms with E-state index in [4.69, 9.17) is 0 Å². The summed E-state index contributed by atoms with van der Waals surface area (Å²) in [5.74, 6) is -0.129. The second-order valence-corrected chi connectivity index (χ2v) is 5.70. The van der Waals surface area contributed by atoms with Crippen molar-refractivity contribution >= 4 is 5.91 Å². The number of hydrogen-bond donors (Lipinski definition) is 2. The van der Waals surface area contributed by atoms with Gasteiger partial charge in [0, 0.05) is 12.1 Å². The maximum atomic E-state index is 12.5. The van der Waals surface area contributed by atoms with E-state index in [1.54, 1.807) is 6.20 Å². The summed E-state index contributed by atoms with van der Waals surface area (Å²) in [4.78, 5) is 12.5. The lowest BCUT2D eigenvalue weighted by Gasteiger charge is -2.07. The molecule has 3 rings (SSSR count). The molecule has 0 spiro atoms. The van der Waals surface area contributed by atoms with Gasteiger partial charge in [-0.05, 0) is 19.4 Å². The van der Waals surface area contributed by atoms with E-state index >= 15 is 0 Å². The molecule has 0 unspecified atom stereocenters. The molecule has 0 saturated heterocycles. The van der Waals surface area contributed by atoms with Crippen molar-refractivity contribution in [1.82, 2.24) is 15.5 Å². The lowest BCUT2D eigenvalue weighted by Crippen LogP contribution is -2.23. The van der Waals surface area contributed by atoms with Gasteiger partial charge in [0.1, 0.15) is 0 Å². The number of aryl methyl sites for hydroxylation is 2. The average molecular weight is 305 g/mol. The number of rotatable bonds is 4. The maximum Gasteiger partial charge on any atom is 0.255 e. The van der Waals surface area contributed by atoms with E-state index in [0.717, 1.165) is 16.8 Å². The first-order valence-electron chi connectivity index (χ1n) is 7.57. The molecule has 1 aromatic heterocycles. The monoisotopic (exact) mass is 305 g/mol. The third-order valence-electron chi connectivity index (χ3n) is 3.76. The Balaban J connectivity index is 1.76. The number of carbonyl (C=O) groups is 1. The summed E-state index contributed by atoms with van der Waals surface area (Å²) in [6.45, 7) is 4.57. The molecule has 23 heavy (non-hydrogen) atoms. The van der Waals surface area contributed by atoms with Crippen LogP contribution in [0.2, 0.25) is 0 Å². The van der Waals surface area contributed by atoms with E-state index in [2.05, 4.69) is 21.6 Å². The normalized spacial score (nSPS) is 10.5. The molecule has 2 aromatic carbocycles. The standard InChI is InChI=1S/C19H19N3O/c1-13-6-8-16(9-7-13)18-17(12-21-22-18)19(23)20-11-15-5-3-4-14(2)10-15/h3-10,12H,11H2,1-2H3,(H,20,23)(H,21,22). The third-order valence-corrected chi connectivity index (χ3v) is 3.76. The molecule has 0 saturated carbocycles. The van der Waals surface area contributed by atoms with Crippen molar-refractivity contribution in [3.63, 3.8) is 0 Å². The van der Waals surface area contributed by atoms with Crippen molar-refractivity contribution in [2.24, 2.45) is 0 Å². The van der Waals surface area contributed by atoms with Crippen molar-refractivity contribution in [1.29, 1.82) is 0 Å². The lowest BCUT2D eigenvalue weighted by atomic mass is 10.1. The molecule has 0 aliphatic heterocycles. The quantitative estimate of drug-likeness (QED) is 0.773. The second-order valence-electron chi connectivity index (χ2n) is 5.70. The fraction of sp³-hybridized carbons (Fsp3) is 0.158. The number of nitrogens with one attached hydrogen (secondary N) is 2. The zero-order chi connectivity index (χ0) is 16.2. The molecular weight excluding hydrogens is 286 g/mol. The highest BCUT2D eigenvalue weighted by Gasteiger charge is 2.14. The van der Waals surface area contributed by atoms with Gasteiger partial charge in [0.05, 0.1) is 17.5 Å². The molecule has 0 fully saturated rings. The number of aromatic amines is 1. The molecule has 3 aromatic rings. The Bertz CT molecular complexity index is 819. The minimum atomic E-state index is -0.129. The Morgan fingerprint density at radius 1 is 1.09 bits per heavy atom. The van der Waals surface area contributed by atoms with Crippen LogP contribution >= 0.6 is 0 Å². The van der Waals surface area contributed by atoms with E-state index in [-0.39, 0.29) is 5.91 Å². The zero-order valence-electron chi connectivity index (χ0n) is 13.3. The van der Waals surface area contributed by atoms with E-state index in [0.29, 0.717) is 12.1 Å².